The molecule has 7 nitrogen and oxygen atoms in total. The van der Waals surface area contributed by atoms with Crippen LogP contribution in [0.2, 0.25) is 0 Å². The molecule has 3 aromatic rings. The summed E-state index contributed by atoms with van der Waals surface area (Å²) in [6, 6.07) is 17.9. The van der Waals surface area contributed by atoms with Crippen molar-refractivity contribution in [3.8, 4) is 0 Å². The summed E-state index contributed by atoms with van der Waals surface area (Å²) in [7, 11) is 1.33. The molecule has 0 saturated heterocycles. The zero-order chi connectivity index (χ0) is 19.9. The zero-order valence-electron chi connectivity index (χ0n) is 15.5. The fourth-order valence-electron chi connectivity index (χ4n) is 2.60. The number of anilines is 2. The highest BCUT2D eigenvalue weighted by molar-refractivity contribution is 5.93. The summed E-state index contributed by atoms with van der Waals surface area (Å²) in [5.74, 6) is -0.221. The van der Waals surface area contributed by atoms with Gasteiger partial charge in [0, 0.05) is 11.8 Å². The van der Waals surface area contributed by atoms with Crippen LogP contribution in [0.15, 0.2) is 67.0 Å². The van der Waals surface area contributed by atoms with Crippen LogP contribution in [0, 0.1) is 0 Å². The average Bonchev–Trinajstić information content (AvgIpc) is 2.74. The molecule has 2 N–H and O–H groups in total. The van der Waals surface area contributed by atoms with Crippen LogP contribution in [0.5, 0.6) is 0 Å². The van der Waals surface area contributed by atoms with Crippen molar-refractivity contribution in [3.05, 3.63) is 83.8 Å². The maximum Gasteiger partial charge on any atom is 0.337 e. The highest BCUT2D eigenvalue weighted by atomic mass is 16.5. The standard InChI is InChI=1S/C21H20N4O3/c1-14(15-6-4-3-5-7-15)24-20(26)18-12-19(23-13-22-18)25-17-10-8-16(9-11-17)21(27)28-2/h3-14H,1-2H3,(H,24,26)(H,22,23,25). The molecule has 2 aromatic carbocycles. The number of benzene rings is 2. The minimum atomic E-state index is -0.403. The second-order valence-electron chi connectivity index (χ2n) is 6.09. The van der Waals surface area contributed by atoms with Crippen LogP contribution < -0.4 is 10.6 Å². The van der Waals surface area contributed by atoms with E-state index in [2.05, 4.69) is 25.3 Å². The van der Waals surface area contributed by atoms with Gasteiger partial charge in [0.2, 0.25) is 0 Å². The van der Waals surface area contributed by atoms with E-state index in [9.17, 15) is 9.59 Å². The second-order valence-corrected chi connectivity index (χ2v) is 6.09. The molecule has 1 amide bonds. The third-order valence-corrected chi connectivity index (χ3v) is 4.13. The number of methoxy groups -OCH3 is 1. The lowest BCUT2D eigenvalue weighted by molar-refractivity contribution is 0.0600. The third-order valence-electron chi connectivity index (χ3n) is 4.13. The molecule has 3 rings (SSSR count). The highest BCUT2D eigenvalue weighted by Crippen LogP contribution is 2.17. The first-order chi connectivity index (χ1) is 13.6. The summed E-state index contributed by atoms with van der Waals surface area (Å²) in [6.07, 6.45) is 1.33. The number of hydrogen-bond donors (Lipinski definition) is 2. The fraction of sp³-hybridized carbons (Fsp3) is 0.143. The monoisotopic (exact) mass is 376 g/mol. The molecule has 142 valence electrons. The number of rotatable bonds is 6. The minimum Gasteiger partial charge on any atom is -0.465 e. The summed E-state index contributed by atoms with van der Waals surface area (Å²) in [4.78, 5) is 32.2. The van der Waals surface area contributed by atoms with Gasteiger partial charge in [-0.05, 0) is 36.8 Å². The van der Waals surface area contributed by atoms with E-state index in [1.807, 2.05) is 37.3 Å². The van der Waals surface area contributed by atoms with Gasteiger partial charge in [0.05, 0.1) is 18.7 Å². The van der Waals surface area contributed by atoms with Crippen LogP contribution in [-0.2, 0) is 4.74 Å². The van der Waals surface area contributed by atoms with Crippen molar-refractivity contribution in [2.24, 2.45) is 0 Å². The van der Waals surface area contributed by atoms with E-state index < -0.39 is 5.97 Å². The Kier molecular flexibility index (Phi) is 5.96. The average molecular weight is 376 g/mol. The Morgan fingerprint density at radius 2 is 1.71 bits per heavy atom. The van der Waals surface area contributed by atoms with Crippen molar-refractivity contribution in [3.63, 3.8) is 0 Å². The molecule has 1 aromatic heterocycles. The van der Waals surface area contributed by atoms with Crippen LogP contribution in [0.25, 0.3) is 0 Å². The van der Waals surface area contributed by atoms with Gasteiger partial charge in [-0.25, -0.2) is 14.8 Å². The topological polar surface area (TPSA) is 93.2 Å². The van der Waals surface area contributed by atoms with Crippen molar-refractivity contribution in [2.75, 3.05) is 12.4 Å². The predicted molar refractivity (Wildman–Crippen MR) is 105 cm³/mol. The molecule has 0 saturated carbocycles. The maximum absolute atomic E-state index is 12.5. The molecule has 7 heteroatoms. The molecule has 0 radical (unpaired) electrons. The number of nitrogens with zero attached hydrogens (tertiary/aromatic N) is 2. The molecule has 1 atom stereocenters. The van der Waals surface area contributed by atoms with Crippen molar-refractivity contribution < 1.29 is 14.3 Å². The second kappa shape index (κ2) is 8.77. The van der Waals surface area contributed by atoms with E-state index in [1.54, 1.807) is 30.3 Å². The van der Waals surface area contributed by atoms with Crippen LogP contribution >= 0.6 is 0 Å². The number of aromatic nitrogens is 2. The smallest absolute Gasteiger partial charge is 0.337 e. The lowest BCUT2D eigenvalue weighted by atomic mass is 10.1. The Hall–Kier alpha value is -3.74. The van der Waals surface area contributed by atoms with Crippen molar-refractivity contribution >= 4 is 23.4 Å². The maximum atomic E-state index is 12.5. The van der Waals surface area contributed by atoms with Gasteiger partial charge in [0.15, 0.2) is 0 Å². The molecule has 1 heterocycles. The number of nitrogens with one attached hydrogen (secondary N) is 2. The molecule has 0 aliphatic rings. The van der Waals surface area contributed by atoms with Gasteiger partial charge in [0.25, 0.3) is 5.91 Å². The van der Waals surface area contributed by atoms with Crippen molar-refractivity contribution in [2.45, 2.75) is 13.0 Å². The number of amides is 1. The summed E-state index contributed by atoms with van der Waals surface area (Å²) in [5, 5.41) is 6.01. The number of hydrogen-bond acceptors (Lipinski definition) is 6. The van der Waals surface area contributed by atoms with E-state index in [0.29, 0.717) is 11.4 Å². The van der Waals surface area contributed by atoms with E-state index in [4.69, 9.17) is 0 Å². The summed E-state index contributed by atoms with van der Waals surface area (Å²) >= 11 is 0. The quantitative estimate of drug-likeness (QED) is 0.640. The zero-order valence-corrected chi connectivity index (χ0v) is 15.5. The third kappa shape index (κ3) is 4.70. The first kappa shape index (κ1) is 19.0. The van der Waals surface area contributed by atoms with Gasteiger partial charge in [-0.15, -0.1) is 0 Å². The number of carbonyl (C=O) groups excluding carboxylic acids is 2. The lowest BCUT2D eigenvalue weighted by Crippen LogP contribution is -2.27. The number of esters is 1. The molecule has 0 fully saturated rings. The molecule has 0 aliphatic carbocycles. The molecule has 0 spiro atoms. The first-order valence-corrected chi connectivity index (χ1v) is 8.70. The summed E-state index contributed by atoms with van der Waals surface area (Å²) < 4.78 is 4.68. The van der Waals surface area contributed by atoms with E-state index in [0.717, 1.165) is 11.3 Å². The van der Waals surface area contributed by atoms with Crippen LogP contribution in [0.4, 0.5) is 11.5 Å². The largest absolute Gasteiger partial charge is 0.465 e. The van der Waals surface area contributed by atoms with Crippen LogP contribution in [-0.4, -0.2) is 29.0 Å². The van der Waals surface area contributed by atoms with Crippen molar-refractivity contribution in [1.82, 2.24) is 15.3 Å². The summed E-state index contributed by atoms with van der Waals surface area (Å²) in [6.45, 7) is 1.91. The summed E-state index contributed by atoms with van der Waals surface area (Å²) in [5.41, 5.74) is 2.43. The normalized spacial score (nSPS) is 11.4. The first-order valence-electron chi connectivity index (χ1n) is 8.70. The van der Waals surface area contributed by atoms with Crippen LogP contribution in [0.3, 0.4) is 0 Å². The minimum absolute atomic E-state index is 0.147. The Morgan fingerprint density at radius 1 is 1.00 bits per heavy atom. The fourth-order valence-corrected chi connectivity index (χ4v) is 2.60. The van der Waals surface area contributed by atoms with Gasteiger partial charge < -0.3 is 15.4 Å². The van der Waals surface area contributed by atoms with Gasteiger partial charge >= 0.3 is 5.97 Å². The molecule has 0 aliphatic heterocycles. The Balaban J connectivity index is 1.68. The van der Waals surface area contributed by atoms with Crippen molar-refractivity contribution in [1.29, 1.82) is 0 Å². The predicted octanol–water partition coefficient (Wildman–Crippen LogP) is 3.50. The number of ether oxygens (including phenoxy) is 1. The number of carbonyl (C=O) groups is 2. The highest BCUT2D eigenvalue weighted by Gasteiger charge is 2.13. The van der Waals surface area contributed by atoms with Gasteiger partial charge in [0.1, 0.15) is 17.8 Å². The molecule has 28 heavy (non-hydrogen) atoms. The molecule has 0 bridgehead atoms. The van der Waals surface area contributed by atoms with Gasteiger partial charge in [-0.3, -0.25) is 4.79 Å². The molecule has 1 unspecified atom stereocenters. The van der Waals surface area contributed by atoms with E-state index in [-0.39, 0.29) is 17.6 Å². The Morgan fingerprint density at radius 3 is 2.39 bits per heavy atom. The van der Waals surface area contributed by atoms with E-state index >= 15 is 0 Å². The van der Waals surface area contributed by atoms with Crippen LogP contribution in [0.1, 0.15) is 39.4 Å². The van der Waals surface area contributed by atoms with Gasteiger partial charge in [-0.2, -0.15) is 0 Å². The lowest BCUT2D eigenvalue weighted by Gasteiger charge is -2.14. The van der Waals surface area contributed by atoms with Gasteiger partial charge in [-0.1, -0.05) is 30.3 Å². The SMILES string of the molecule is COC(=O)c1ccc(Nc2cc(C(=O)NC(C)c3ccccc3)ncn2)cc1. The molecular weight excluding hydrogens is 356 g/mol. The molecular formula is C21H20N4O3. The Bertz CT molecular complexity index is 959. The Labute approximate surface area is 162 Å². The van der Waals surface area contributed by atoms with E-state index in [1.165, 1.54) is 13.4 Å².